The second-order valence-electron chi connectivity index (χ2n) is 12.5. The highest BCUT2D eigenvalue weighted by atomic mass is 16.5. The second kappa shape index (κ2) is 15.2. The van der Waals surface area contributed by atoms with E-state index in [1.165, 1.54) is 6.33 Å². The fraction of sp³-hybridized carbons (Fsp3) is 0.515. The van der Waals surface area contributed by atoms with Crippen molar-refractivity contribution in [3.63, 3.8) is 0 Å². The number of aromatic nitrogens is 8. The van der Waals surface area contributed by atoms with Crippen molar-refractivity contribution < 1.29 is 14.2 Å². The number of nitrogens with zero attached hydrogens (tertiary/aromatic N) is 11. The van der Waals surface area contributed by atoms with Crippen LogP contribution in [-0.2, 0) is 11.3 Å². The van der Waals surface area contributed by atoms with Crippen LogP contribution in [0.4, 0.5) is 11.6 Å². The van der Waals surface area contributed by atoms with Crippen LogP contribution in [0.3, 0.4) is 0 Å². The van der Waals surface area contributed by atoms with E-state index in [1.807, 2.05) is 23.9 Å². The van der Waals surface area contributed by atoms with Crippen molar-refractivity contribution in [2.45, 2.75) is 89.8 Å². The standard InChI is InChI=1S/C33H40N12O3/c1-22-17-43(18-23(2)47-22)28-7-9-29(10-8-28)45-20-30(32(40-45)46-12-4-11-34)39-33-36-15-27(16-37-33)25-5-6-26(14-35)31(13-25)48-24(3)19-44-21-38-41-42-44/h5-6,13,15-16,20-24,28-29H,4,7-10,12,17-19H2,1-3H3,(H,36,37,39)/t22-,23+,24?,28?,29?. The average molecular weight is 653 g/mol. The number of morpholine rings is 1. The predicted molar refractivity (Wildman–Crippen MR) is 174 cm³/mol. The maximum atomic E-state index is 9.64. The van der Waals surface area contributed by atoms with Crippen molar-refractivity contribution in [2.75, 3.05) is 25.0 Å². The van der Waals surface area contributed by atoms with Crippen LogP contribution in [0.25, 0.3) is 11.1 Å². The summed E-state index contributed by atoms with van der Waals surface area (Å²) in [5.74, 6) is 1.25. The first-order valence-electron chi connectivity index (χ1n) is 16.4. The van der Waals surface area contributed by atoms with E-state index in [0.29, 0.717) is 41.4 Å². The third-order valence-electron chi connectivity index (χ3n) is 8.65. The molecule has 4 heterocycles. The van der Waals surface area contributed by atoms with Gasteiger partial charge in [0.1, 0.15) is 36.5 Å². The molecule has 250 valence electrons. The number of hydrogen-bond acceptors (Lipinski definition) is 13. The van der Waals surface area contributed by atoms with Gasteiger partial charge in [-0.3, -0.25) is 9.58 Å². The molecule has 48 heavy (non-hydrogen) atoms. The molecule has 4 aromatic rings. The molecule has 6 rings (SSSR count). The lowest BCUT2D eigenvalue weighted by molar-refractivity contribution is -0.0852. The molecule has 15 nitrogen and oxygen atoms in total. The van der Waals surface area contributed by atoms with Crippen LogP contribution in [0, 0.1) is 22.7 Å². The van der Waals surface area contributed by atoms with Gasteiger partial charge in [0.25, 0.3) is 5.88 Å². The minimum Gasteiger partial charge on any atom is -0.487 e. The van der Waals surface area contributed by atoms with E-state index in [4.69, 9.17) is 24.6 Å². The molecule has 1 aromatic carbocycles. The highest BCUT2D eigenvalue weighted by molar-refractivity contribution is 5.67. The summed E-state index contributed by atoms with van der Waals surface area (Å²) >= 11 is 0. The Hall–Kier alpha value is -5.12. The van der Waals surface area contributed by atoms with E-state index in [9.17, 15) is 5.26 Å². The van der Waals surface area contributed by atoms with Gasteiger partial charge in [-0.25, -0.2) is 14.6 Å². The molecule has 3 aromatic heterocycles. The monoisotopic (exact) mass is 652 g/mol. The summed E-state index contributed by atoms with van der Waals surface area (Å²) in [5.41, 5.74) is 2.62. The molecule has 0 spiro atoms. The van der Waals surface area contributed by atoms with E-state index in [2.05, 4.69) is 61.7 Å². The summed E-state index contributed by atoms with van der Waals surface area (Å²) in [5, 5.41) is 37.9. The number of anilines is 2. The first kappa shape index (κ1) is 32.8. The second-order valence-corrected chi connectivity index (χ2v) is 12.5. The molecule has 2 fully saturated rings. The third kappa shape index (κ3) is 8.05. The molecule has 1 saturated carbocycles. The zero-order valence-corrected chi connectivity index (χ0v) is 27.4. The largest absolute Gasteiger partial charge is 0.487 e. The Kier molecular flexibility index (Phi) is 10.4. The third-order valence-corrected chi connectivity index (χ3v) is 8.65. The van der Waals surface area contributed by atoms with Crippen molar-refractivity contribution >= 4 is 11.6 Å². The first-order valence-corrected chi connectivity index (χ1v) is 16.4. The van der Waals surface area contributed by atoms with E-state index in [-0.39, 0.29) is 37.4 Å². The van der Waals surface area contributed by atoms with Gasteiger partial charge in [0.05, 0.1) is 49.0 Å². The maximum Gasteiger partial charge on any atom is 0.256 e. The lowest BCUT2D eigenvalue weighted by Crippen LogP contribution is -2.51. The number of hydrogen-bond donors (Lipinski definition) is 1. The van der Waals surface area contributed by atoms with Gasteiger partial charge in [0.15, 0.2) is 0 Å². The lowest BCUT2D eigenvalue weighted by Gasteiger charge is -2.42. The molecule has 2 aliphatic rings. The fourth-order valence-corrected chi connectivity index (χ4v) is 6.49. The first-order chi connectivity index (χ1) is 23.4. The lowest BCUT2D eigenvalue weighted by atomic mass is 9.89. The number of nitriles is 2. The van der Waals surface area contributed by atoms with Crippen LogP contribution >= 0.6 is 0 Å². The van der Waals surface area contributed by atoms with Crippen LogP contribution < -0.4 is 14.8 Å². The molecule has 1 aliphatic carbocycles. The Morgan fingerprint density at radius 3 is 2.48 bits per heavy atom. The molecule has 15 heteroatoms. The fourth-order valence-electron chi connectivity index (χ4n) is 6.49. The van der Waals surface area contributed by atoms with Gasteiger partial charge in [-0.1, -0.05) is 6.07 Å². The van der Waals surface area contributed by atoms with E-state index < -0.39 is 0 Å². The topological polar surface area (TPSA) is 178 Å². The Bertz CT molecular complexity index is 1710. The SMILES string of the molecule is CC(Cn1cnnn1)Oc1cc(-c2cnc(Nc3cn(C4CCC(N5C[C@@H](C)O[C@@H](C)C5)CC4)nc3OCCC#N)nc2)ccc1C#N. The molecule has 3 atom stereocenters. The van der Waals surface area contributed by atoms with Gasteiger partial charge in [0, 0.05) is 37.1 Å². The Morgan fingerprint density at radius 1 is 1.04 bits per heavy atom. The van der Waals surface area contributed by atoms with E-state index in [1.54, 1.807) is 29.2 Å². The Morgan fingerprint density at radius 2 is 1.79 bits per heavy atom. The maximum absolute atomic E-state index is 9.64. The van der Waals surface area contributed by atoms with Crippen molar-refractivity contribution in [1.82, 2.24) is 44.9 Å². The van der Waals surface area contributed by atoms with Gasteiger partial charge in [-0.2, -0.15) is 10.5 Å². The van der Waals surface area contributed by atoms with Gasteiger partial charge in [-0.15, -0.1) is 10.2 Å². The minimum absolute atomic E-state index is 0.236. The highest BCUT2D eigenvalue weighted by Gasteiger charge is 2.32. The summed E-state index contributed by atoms with van der Waals surface area (Å²) in [4.78, 5) is 11.7. The summed E-state index contributed by atoms with van der Waals surface area (Å²) in [7, 11) is 0. The van der Waals surface area contributed by atoms with Gasteiger partial charge in [0.2, 0.25) is 5.95 Å². The van der Waals surface area contributed by atoms with Gasteiger partial charge in [-0.05, 0) is 74.6 Å². The molecule has 1 aliphatic heterocycles. The molecule has 1 saturated heterocycles. The van der Waals surface area contributed by atoms with Crippen molar-refractivity contribution in [3.8, 4) is 34.9 Å². The van der Waals surface area contributed by atoms with E-state index >= 15 is 0 Å². The highest BCUT2D eigenvalue weighted by Crippen LogP contribution is 2.35. The molecule has 0 radical (unpaired) electrons. The van der Waals surface area contributed by atoms with Crippen molar-refractivity contribution in [2.24, 2.45) is 0 Å². The van der Waals surface area contributed by atoms with Crippen LogP contribution in [0.15, 0.2) is 43.1 Å². The molecular weight excluding hydrogens is 612 g/mol. The zero-order valence-electron chi connectivity index (χ0n) is 27.4. The summed E-state index contributed by atoms with van der Waals surface area (Å²) < 4.78 is 21.5. The zero-order chi connectivity index (χ0) is 33.5. The number of ether oxygens (including phenoxy) is 3. The van der Waals surface area contributed by atoms with E-state index in [0.717, 1.165) is 49.9 Å². The van der Waals surface area contributed by atoms with Crippen LogP contribution in [0.5, 0.6) is 11.6 Å². The number of rotatable bonds is 12. The average Bonchev–Trinajstić information content (AvgIpc) is 3.75. The van der Waals surface area contributed by atoms with Crippen LogP contribution in [-0.4, -0.2) is 88.9 Å². The van der Waals surface area contributed by atoms with Crippen LogP contribution in [0.1, 0.15) is 64.5 Å². The number of benzene rings is 1. The molecular formula is C33H40N12O3. The minimum atomic E-state index is -0.281. The van der Waals surface area contributed by atoms with Crippen LogP contribution in [0.2, 0.25) is 0 Å². The molecule has 1 unspecified atom stereocenters. The smallest absolute Gasteiger partial charge is 0.256 e. The number of nitrogens with one attached hydrogen (secondary N) is 1. The predicted octanol–water partition coefficient (Wildman–Crippen LogP) is 4.29. The summed E-state index contributed by atoms with van der Waals surface area (Å²) in [6.07, 6.45) is 11.6. The molecule has 0 amide bonds. The van der Waals surface area contributed by atoms with Gasteiger partial charge < -0.3 is 19.5 Å². The summed E-state index contributed by atoms with van der Waals surface area (Å²) in [6.45, 7) is 8.81. The molecule has 0 bridgehead atoms. The summed E-state index contributed by atoms with van der Waals surface area (Å²) in [6, 6.07) is 10.5. The Labute approximate surface area is 279 Å². The van der Waals surface area contributed by atoms with Gasteiger partial charge >= 0.3 is 0 Å². The van der Waals surface area contributed by atoms with Crippen molar-refractivity contribution in [1.29, 1.82) is 10.5 Å². The number of tetrazole rings is 1. The molecule has 1 N–H and O–H groups in total. The normalized spacial score (nSPS) is 21.9. The van der Waals surface area contributed by atoms with Crippen molar-refractivity contribution in [3.05, 3.63) is 48.7 Å². The quantitative estimate of drug-likeness (QED) is 0.215. The Balaban J connectivity index is 1.13.